The van der Waals surface area contributed by atoms with Gasteiger partial charge in [0.05, 0.1) is 5.56 Å². The summed E-state index contributed by atoms with van der Waals surface area (Å²) in [6.45, 7) is 0. The Kier molecular flexibility index (Phi) is 5.86. The van der Waals surface area contributed by atoms with Crippen molar-refractivity contribution < 1.29 is 29.9 Å². The van der Waals surface area contributed by atoms with Gasteiger partial charge in [0.1, 0.15) is 11.2 Å². The van der Waals surface area contributed by atoms with Crippen LogP contribution in [0.15, 0.2) is 132 Å². The smallest absolute Gasteiger partial charge is 0.208 e. The number of benzene rings is 8. The number of fused-ring (bicyclic) bond motifs is 6. The first-order chi connectivity index (χ1) is 23.4. The molecule has 0 aliphatic rings. The van der Waals surface area contributed by atoms with Crippen LogP contribution in [0.4, 0.5) is 0 Å². The van der Waals surface area contributed by atoms with Crippen LogP contribution in [-0.2, 0) is 0 Å². The average molecular weight is 627 g/mol. The normalized spacial score (nSPS) is 11.8. The van der Waals surface area contributed by atoms with Crippen LogP contribution in [0.25, 0.3) is 87.6 Å². The molecule has 0 saturated heterocycles. The summed E-state index contributed by atoms with van der Waals surface area (Å²) < 4.78 is 6.11. The van der Waals surface area contributed by atoms with Gasteiger partial charge >= 0.3 is 0 Å². The Morgan fingerprint density at radius 2 is 0.833 bits per heavy atom. The van der Waals surface area contributed by atoms with Gasteiger partial charge in [-0.25, -0.2) is 0 Å². The standard InChI is InChI=1S/C42H26O6/c43-38-37(39(44)41(46)42(47)40(38)45)36-29-14-5-3-12-27(29)35(28-13-4-6-15-30(28)36)32-21-24(19-23-9-1-2-10-25(23)32)22-17-18-34-31(20-22)26-11-7-8-16-33(26)48-34/h1-21,43-47H. The van der Waals surface area contributed by atoms with Crippen molar-refractivity contribution in [3.8, 4) is 62.1 Å². The van der Waals surface area contributed by atoms with Crippen molar-refractivity contribution in [1.82, 2.24) is 0 Å². The van der Waals surface area contributed by atoms with Gasteiger partial charge in [0.25, 0.3) is 0 Å². The van der Waals surface area contributed by atoms with Gasteiger partial charge in [-0.3, -0.25) is 0 Å². The fourth-order valence-corrected chi connectivity index (χ4v) is 7.20. The molecule has 0 saturated carbocycles. The zero-order valence-electron chi connectivity index (χ0n) is 25.3. The number of furan rings is 1. The van der Waals surface area contributed by atoms with E-state index in [4.69, 9.17) is 4.42 Å². The molecule has 0 fully saturated rings. The van der Waals surface area contributed by atoms with Crippen LogP contribution in [0.3, 0.4) is 0 Å². The first-order valence-corrected chi connectivity index (χ1v) is 15.5. The lowest BCUT2D eigenvalue weighted by Gasteiger charge is -2.21. The van der Waals surface area contributed by atoms with Crippen LogP contribution in [0.1, 0.15) is 0 Å². The largest absolute Gasteiger partial charge is 0.504 e. The Morgan fingerprint density at radius 3 is 1.48 bits per heavy atom. The van der Waals surface area contributed by atoms with E-state index in [0.717, 1.165) is 65.7 Å². The minimum absolute atomic E-state index is 0.180. The highest BCUT2D eigenvalue weighted by Gasteiger charge is 2.28. The van der Waals surface area contributed by atoms with Crippen molar-refractivity contribution in [1.29, 1.82) is 0 Å². The number of phenols is 5. The van der Waals surface area contributed by atoms with Crippen LogP contribution >= 0.6 is 0 Å². The highest BCUT2D eigenvalue weighted by molar-refractivity contribution is 6.25. The molecule has 0 spiro atoms. The van der Waals surface area contributed by atoms with Gasteiger partial charge in [-0.1, -0.05) is 97.1 Å². The van der Waals surface area contributed by atoms with Gasteiger partial charge in [0.2, 0.25) is 17.2 Å². The van der Waals surface area contributed by atoms with Crippen molar-refractivity contribution in [3.63, 3.8) is 0 Å². The maximum Gasteiger partial charge on any atom is 0.208 e. The van der Waals surface area contributed by atoms with Crippen molar-refractivity contribution in [2.24, 2.45) is 0 Å². The zero-order valence-corrected chi connectivity index (χ0v) is 25.3. The van der Waals surface area contributed by atoms with Crippen LogP contribution in [-0.4, -0.2) is 25.5 Å². The molecule has 9 aromatic rings. The summed E-state index contributed by atoms with van der Waals surface area (Å²) in [6.07, 6.45) is 0. The van der Waals surface area contributed by atoms with Crippen molar-refractivity contribution in [3.05, 3.63) is 127 Å². The number of hydrogen-bond donors (Lipinski definition) is 5. The average Bonchev–Trinajstić information content (AvgIpc) is 3.50. The summed E-state index contributed by atoms with van der Waals surface area (Å²) in [6, 6.07) is 42.2. The van der Waals surface area contributed by atoms with Crippen LogP contribution < -0.4 is 0 Å². The number of rotatable bonds is 3. The Labute approximate surface area is 273 Å². The van der Waals surface area contributed by atoms with Gasteiger partial charge < -0.3 is 29.9 Å². The van der Waals surface area contributed by atoms with Gasteiger partial charge in [0.15, 0.2) is 11.5 Å². The van der Waals surface area contributed by atoms with E-state index < -0.39 is 28.7 Å². The summed E-state index contributed by atoms with van der Waals surface area (Å²) in [5.41, 5.74) is 5.89. The van der Waals surface area contributed by atoms with Gasteiger partial charge in [0, 0.05) is 16.3 Å². The van der Waals surface area contributed by atoms with E-state index in [2.05, 4.69) is 42.5 Å². The molecular weight excluding hydrogens is 600 g/mol. The molecule has 0 bridgehead atoms. The highest BCUT2D eigenvalue weighted by Crippen LogP contribution is 2.58. The molecule has 8 aromatic carbocycles. The third-order valence-corrected chi connectivity index (χ3v) is 9.39. The molecule has 0 atom stereocenters. The molecule has 1 aromatic heterocycles. The number of hydrogen-bond acceptors (Lipinski definition) is 6. The van der Waals surface area contributed by atoms with E-state index in [1.54, 1.807) is 0 Å². The molecule has 0 unspecified atom stereocenters. The summed E-state index contributed by atoms with van der Waals surface area (Å²) in [5, 5.41) is 60.6. The number of aromatic hydroxyl groups is 5. The lowest BCUT2D eigenvalue weighted by molar-refractivity contribution is 0.330. The summed E-state index contributed by atoms with van der Waals surface area (Å²) in [4.78, 5) is 0. The Bertz CT molecular complexity index is 2710. The van der Waals surface area contributed by atoms with E-state index in [9.17, 15) is 25.5 Å². The van der Waals surface area contributed by atoms with Crippen LogP contribution in [0.2, 0.25) is 0 Å². The third kappa shape index (κ3) is 3.86. The molecule has 6 nitrogen and oxygen atoms in total. The van der Waals surface area contributed by atoms with Gasteiger partial charge in [-0.2, -0.15) is 0 Å². The lowest BCUT2D eigenvalue weighted by atomic mass is 9.83. The number of para-hydroxylation sites is 1. The lowest BCUT2D eigenvalue weighted by Crippen LogP contribution is -1.93. The van der Waals surface area contributed by atoms with E-state index in [0.29, 0.717) is 16.3 Å². The predicted octanol–water partition coefficient (Wildman–Crippen LogP) is 10.6. The molecule has 6 heteroatoms. The van der Waals surface area contributed by atoms with E-state index in [1.807, 2.05) is 84.9 Å². The fourth-order valence-electron chi connectivity index (χ4n) is 7.20. The minimum atomic E-state index is -0.996. The quantitative estimate of drug-likeness (QED) is 0.0757. The second kappa shape index (κ2) is 10.2. The van der Waals surface area contributed by atoms with Crippen molar-refractivity contribution in [2.45, 2.75) is 0 Å². The third-order valence-electron chi connectivity index (χ3n) is 9.39. The molecule has 0 radical (unpaired) electrons. The van der Waals surface area contributed by atoms with Crippen LogP contribution in [0, 0.1) is 0 Å². The van der Waals surface area contributed by atoms with Crippen LogP contribution in [0.5, 0.6) is 28.7 Å². The molecular formula is C42H26O6. The minimum Gasteiger partial charge on any atom is -0.504 e. The summed E-state index contributed by atoms with van der Waals surface area (Å²) in [5.74, 6) is -4.30. The topological polar surface area (TPSA) is 114 Å². The Morgan fingerprint density at radius 1 is 0.333 bits per heavy atom. The maximum atomic E-state index is 11.1. The second-order valence-electron chi connectivity index (χ2n) is 12.0. The first-order valence-electron chi connectivity index (χ1n) is 15.5. The fraction of sp³-hybridized carbons (Fsp3) is 0. The summed E-state index contributed by atoms with van der Waals surface area (Å²) >= 11 is 0. The van der Waals surface area contributed by atoms with Gasteiger partial charge in [-0.05, 0) is 84.9 Å². The van der Waals surface area contributed by atoms with E-state index >= 15 is 0 Å². The molecule has 5 N–H and O–H groups in total. The Hall–Kier alpha value is -6.66. The first kappa shape index (κ1) is 27.6. The van der Waals surface area contributed by atoms with Crippen molar-refractivity contribution in [2.75, 3.05) is 0 Å². The monoisotopic (exact) mass is 626 g/mol. The van der Waals surface area contributed by atoms with E-state index in [1.165, 1.54) is 0 Å². The summed E-state index contributed by atoms with van der Waals surface area (Å²) in [7, 11) is 0. The van der Waals surface area contributed by atoms with Crippen molar-refractivity contribution >= 4 is 54.3 Å². The van der Waals surface area contributed by atoms with Gasteiger partial charge in [-0.15, -0.1) is 0 Å². The molecule has 0 amide bonds. The maximum absolute atomic E-state index is 11.1. The second-order valence-corrected chi connectivity index (χ2v) is 12.0. The molecule has 0 aliphatic carbocycles. The number of phenolic OH excluding ortho intramolecular Hbond substituents is 5. The molecule has 9 rings (SSSR count). The molecule has 0 aliphatic heterocycles. The van der Waals surface area contributed by atoms with E-state index in [-0.39, 0.29) is 5.56 Å². The molecule has 230 valence electrons. The molecule has 48 heavy (non-hydrogen) atoms. The SMILES string of the molecule is Oc1c(O)c(O)c(-c2c3ccccc3c(-c3cc(-c4ccc5oc6ccccc6c5c4)cc4ccccc34)c3ccccc23)c(O)c1O. The predicted molar refractivity (Wildman–Crippen MR) is 191 cm³/mol. The molecule has 1 heterocycles. The Balaban J connectivity index is 1.39. The highest BCUT2D eigenvalue weighted by atomic mass is 16.4. The zero-order chi connectivity index (χ0) is 32.7.